The normalized spacial score (nSPS) is 15.8. The predicted molar refractivity (Wildman–Crippen MR) is 99.5 cm³/mol. The summed E-state index contributed by atoms with van der Waals surface area (Å²) in [5.74, 6) is -0.307. The second-order valence-electron chi connectivity index (χ2n) is 6.47. The Balaban J connectivity index is 1.58. The van der Waals surface area contributed by atoms with Gasteiger partial charge in [-0.2, -0.15) is 0 Å². The van der Waals surface area contributed by atoms with Gasteiger partial charge in [0.15, 0.2) is 6.61 Å². The number of ether oxygens (including phenoxy) is 3. The maximum atomic E-state index is 12.7. The lowest BCUT2D eigenvalue weighted by molar-refractivity contribution is -0.139. The zero-order chi connectivity index (χ0) is 19.9. The molecule has 1 aliphatic rings. The van der Waals surface area contributed by atoms with E-state index in [1.165, 1.54) is 0 Å². The molecule has 2 aromatic rings. The summed E-state index contributed by atoms with van der Waals surface area (Å²) in [5.41, 5.74) is 1.39. The first kappa shape index (κ1) is 19.6. The highest BCUT2D eigenvalue weighted by atomic mass is 16.5. The lowest BCUT2D eigenvalue weighted by Crippen LogP contribution is -2.26. The lowest BCUT2D eigenvalue weighted by Gasteiger charge is -2.18. The molecular weight excluding hydrogens is 364 g/mol. The SMILES string of the molecule is CN(Cc1ccc(OCC(=O)O)cc1)C(=O)c1ccnc(OC2CCOC2)c1. The second kappa shape index (κ2) is 9.18. The molecule has 1 saturated heterocycles. The number of rotatable bonds is 8. The van der Waals surface area contributed by atoms with Crippen molar-refractivity contribution in [2.24, 2.45) is 0 Å². The number of carboxylic acid groups (broad SMARTS) is 1. The lowest BCUT2D eigenvalue weighted by atomic mass is 10.2. The van der Waals surface area contributed by atoms with Gasteiger partial charge in [-0.3, -0.25) is 4.79 Å². The van der Waals surface area contributed by atoms with E-state index in [1.54, 1.807) is 54.5 Å². The van der Waals surface area contributed by atoms with E-state index >= 15 is 0 Å². The fourth-order valence-corrected chi connectivity index (χ4v) is 2.79. The van der Waals surface area contributed by atoms with E-state index in [1.807, 2.05) is 0 Å². The van der Waals surface area contributed by atoms with E-state index in [0.29, 0.717) is 37.0 Å². The highest BCUT2D eigenvalue weighted by Crippen LogP contribution is 2.18. The Hall–Kier alpha value is -3.13. The summed E-state index contributed by atoms with van der Waals surface area (Å²) in [7, 11) is 1.71. The maximum Gasteiger partial charge on any atom is 0.341 e. The first-order valence-electron chi connectivity index (χ1n) is 8.91. The molecule has 2 heterocycles. The van der Waals surface area contributed by atoms with Gasteiger partial charge in [-0.1, -0.05) is 12.1 Å². The Morgan fingerprint density at radius 3 is 2.75 bits per heavy atom. The molecule has 0 aliphatic carbocycles. The number of pyridine rings is 1. The fourth-order valence-electron chi connectivity index (χ4n) is 2.79. The minimum atomic E-state index is -1.03. The first-order valence-corrected chi connectivity index (χ1v) is 8.91. The predicted octanol–water partition coefficient (Wildman–Crippen LogP) is 1.98. The van der Waals surface area contributed by atoms with Crippen LogP contribution >= 0.6 is 0 Å². The third-order valence-electron chi connectivity index (χ3n) is 4.21. The molecule has 0 radical (unpaired) electrons. The Labute approximate surface area is 162 Å². The summed E-state index contributed by atoms with van der Waals surface area (Å²) in [6.45, 7) is 1.21. The number of hydrogen-bond donors (Lipinski definition) is 1. The quantitative estimate of drug-likeness (QED) is 0.741. The number of carboxylic acids is 1. The van der Waals surface area contributed by atoms with Crippen LogP contribution in [0.25, 0.3) is 0 Å². The van der Waals surface area contributed by atoms with E-state index in [9.17, 15) is 9.59 Å². The molecule has 8 nitrogen and oxygen atoms in total. The van der Waals surface area contributed by atoms with Crippen LogP contribution in [0.4, 0.5) is 0 Å². The highest BCUT2D eigenvalue weighted by Gasteiger charge is 2.19. The zero-order valence-corrected chi connectivity index (χ0v) is 15.5. The summed E-state index contributed by atoms with van der Waals surface area (Å²) in [4.78, 5) is 29.0. The van der Waals surface area contributed by atoms with E-state index in [0.717, 1.165) is 12.0 Å². The van der Waals surface area contributed by atoms with Crippen LogP contribution in [-0.2, 0) is 16.1 Å². The van der Waals surface area contributed by atoms with Crippen molar-refractivity contribution >= 4 is 11.9 Å². The smallest absolute Gasteiger partial charge is 0.341 e. The monoisotopic (exact) mass is 386 g/mol. The molecular formula is C20H22N2O6. The van der Waals surface area contributed by atoms with Crippen LogP contribution in [0.1, 0.15) is 22.3 Å². The number of benzene rings is 1. The third-order valence-corrected chi connectivity index (χ3v) is 4.21. The van der Waals surface area contributed by atoms with Crippen LogP contribution in [0.2, 0.25) is 0 Å². The Morgan fingerprint density at radius 2 is 2.07 bits per heavy atom. The molecule has 0 bridgehead atoms. The molecule has 1 unspecified atom stereocenters. The molecule has 0 saturated carbocycles. The Morgan fingerprint density at radius 1 is 1.29 bits per heavy atom. The van der Waals surface area contributed by atoms with Crippen molar-refractivity contribution in [2.45, 2.75) is 19.1 Å². The number of amides is 1. The van der Waals surface area contributed by atoms with E-state index in [2.05, 4.69) is 4.98 Å². The highest BCUT2D eigenvalue weighted by molar-refractivity contribution is 5.94. The molecule has 1 fully saturated rings. The van der Waals surface area contributed by atoms with Crippen LogP contribution in [0.5, 0.6) is 11.6 Å². The minimum absolute atomic E-state index is 0.0301. The number of nitrogens with zero attached hydrogens (tertiary/aromatic N) is 2. The topological polar surface area (TPSA) is 98.2 Å². The van der Waals surface area contributed by atoms with E-state index in [4.69, 9.17) is 19.3 Å². The van der Waals surface area contributed by atoms with Crippen LogP contribution in [0.15, 0.2) is 42.6 Å². The van der Waals surface area contributed by atoms with Gasteiger partial charge in [0.25, 0.3) is 5.91 Å². The molecule has 1 aromatic heterocycles. The van der Waals surface area contributed by atoms with E-state index < -0.39 is 12.6 Å². The Kier molecular flexibility index (Phi) is 6.44. The van der Waals surface area contributed by atoms with E-state index in [-0.39, 0.29) is 12.0 Å². The molecule has 1 atom stereocenters. The maximum absolute atomic E-state index is 12.7. The van der Waals surface area contributed by atoms with Crippen LogP contribution < -0.4 is 9.47 Å². The van der Waals surface area contributed by atoms with Crippen molar-refractivity contribution in [3.8, 4) is 11.6 Å². The summed E-state index contributed by atoms with van der Waals surface area (Å²) in [5, 5.41) is 8.63. The largest absolute Gasteiger partial charge is 0.482 e. The minimum Gasteiger partial charge on any atom is -0.482 e. The molecule has 1 N–H and O–H groups in total. The van der Waals surface area contributed by atoms with Crippen molar-refractivity contribution in [1.82, 2.24) is 9.88 Å². The van der Waals surface area contributed by atoms with Gasteiger partial charge in [-0.15, -0.1) is 0 Å². The Bertz CT molecular complexity index is 818. The van der Waals surface area contributed by atoms with Crippen molar-refractivity contribution in [2.75, 3.05) is 26.9 Å². The van der Waals surface area contributed by atoms with Gasteiger partial charge in [0.2, 0.25) is 5.88 Å². The number of hydrogen-bond acceptors (Lipinski definition) is 6. The van der Waals surface area contributed by atoms with Gasteiger partial charge in [-0.05, 0) is 23.8 Å². The van der Waals surface area contributed by atoms with Crippen molar-refractivity contribution in [1.29, 1.82) is 0 Å². The van der Waals surface area contributed by atoms with Crippen molar-refractivity contribution in [3.05, 3.63) is 53.7 Å². The van der Waals surface area contributed by atoms with Gasteiger partial charge in [0.1, 0.15) is 11.9 Å². The second-order valence-corrected chi connectivity index (χ2v) is 6.47. The van der Waals surface area contributed by atoms with Gasteiger partial charge < -0.3 is 24.2 Å². The van der Waals surface area contributed by atoms with Crippen LogP contribution in [0.3, 0.4) is 0 Å². The summed E-state index contributed by atoms with van der Waals surface area (Å²) in [6, 6.07) is 10.2. The molecule has 28 heavy (non-hydrogen) atoms. The fraction of sp³-hybridized carbons (Fsp3) is 0.350. The average molecular weight is 386 g/mol. The molecule has 1 amide bonds. The number of aromatic nitrogens is 1. The third kappa shape index (κ3) is 5.43. The molecule has 148 valence electrons. The average Bonchev–Trinajstić information content (AvgIpc) is 3.20. The zero-order valence-electron chi connectivity index (χ0n) is 15.5. The number of carbonyl (C=O) groups is 2. The van der Waals surface area contributed by atoms with Gasteiger partial charge in [0, 0.05) is 37.8 Å². The van der Waals surface area contributed by atoms with Gasteiger partial charge in [-0.25, -0.2) is 9.78 Å². The summed E-state index contributed by atoms with van der Waals surface area (Å²) < 4.78 is 16.1. The molecule has 1 aliphatic heterocycles. The van der Waals surface area contributed by atoms with Crippen LogP contribution in [0, 0.1) is 0 Å². The van der Waals surface area contributed by atoms with Gasteiger partial charge >= 0.3 is 5.97 Å². The summed E-state index contributed by atoms with van der Waals surface area (Å²) in [6.07, 6.45) is 2.34. The van der Waals surface area contributed by atoms with Crippen molar-refractivity contribution in [3.63, 3.8) is 0 Å². The molecule has 3 rings (SSSR count). The number of aliphatic carboxylic acids is 1. The molecule has 0 spiro atoms. The summed E-state index contributed by atoms with van der Waals surface area (Å²) >= 11 is 0. The van der Waals surface area contributed by atoms with Crippen LogP contribution in [-0.4, -0.2) is 59.8 Å². The molecule has 8 heteroatoms. The standard InChI is InChI=1S/C20H22N2O6/c1-22(11-14-2-4-16(5-3-14)27-13-19(23)24)20(25)15-6-8-21-18(10-15)28-17-7-9-26-12-17/h2-6,8,10,17H,7,9,11-13H2,1H3,(H,23,24). The van der Waals surface area contributed by atoms with Gasteiger partial charge in [0.05, 0.1) is 13.2 Å². The first-order chi connectivity index (χ1) is 13.5. The number of carbonyl (C=O) groups excluding carboxylic acids is 1. The van der Waals surface area contributed by atoms with Crippen molar-refractivity contribution < 1.29 is 28.9 Å². The molecule has 1 aromatic carbocycles.